The van der Waals surface area contributed by atoms with Crippen LogP contribution in [0, 0.1) is 12.8 Å². The van der Waals surface area contributed by atoms with Crippen molar-refractivity contribution in [3.8, 4) is 0 Å². The highest BCUT2D eigenvalue weighted by Gasteiger charge is 2.31. The third-order valence-corrected chi connectivity index (χ3v) is 6.22. The number of hydrogen-bond acceptors (Lipinski definition) is 3. The van der Waals surface area contributed by atoms with E-state index in [1.807, 2.05) is 19.1 Å². The molecule has 4 nitrogen and oxygen atoms in total. The quantitative estimate of drug-likeness (QED) is 0.779. The van der Waals surface area contributed by atoms with E-state index in [1.165, 1.54) is 0 Å². The van der Waals surface area contributed by atoms with Gasteiger partial charge in [0.1, 0.15) is 0 Å². The first kappa shape index (κ1) is 16.7. The van der Waals surface area contributed by atoms with Crippen molar-refractivity contribution in [1.82, 2.24) is 4.31 Å². The topological polar surface area (TPSA) is 46.6 Å². The van der Waals surface area contributed by atoms with Crippen LogP contribution in [0.2, 0.25) is 0 Å². The van der Waals surface area contributed by atoms with Gasteiger partial charge in [0.05, 0.1) is 11.5 Å². The van der Waals surface area contributed by atoms with Crippen molar-refractivity contribution in [1.29, 1.82) is 0 Å². The molecular formula is C15H22ClNO3S. The molecule has 21 heavy (non-hydrogen) atoms. The number of methoxy groups -OCH3 is 1. The minimum Gasteiger partial charge on any atom is -0.384 e. The molecule has 0 N–H and O–H groups in total. The average Bonchev–Trinajstić information content (AvgIpc) is 2.48. The number of nitrogens with zero attached hydrogens (tertiary/aromatic N) is 1. The van der Waals surface area contributed by atoms with E-state index < -0.39 is 10.0 Å². The second-order valence-corrected chi connectivity index (χ2v) is 7.73. The van der Waals surface area contributed by atoms with Crippen molar-refractivity contribution in [2.24, 2.45) is 5.92 Å². The molecular weight excluding hydrogens is 310 g/mol. The van der Waals surface area contributed by atoms with Gasteiger partial charge >= 0.3 is 0 Å². The molecule has 1 heterocycles. The van der Waals surface area contributed by atoms with E-state index in [2.05, 4.69) is 0 Å². The molecule has 6 heteroatoms. The molecule has 0 aliphatic carbocycles. The SMILES string of the molecule is COCC1CCCN(S(=O)(=O)c2cc(CCl)ccc2C)C1. The third kappa shape index (κ3) is 3.77. The normalized spacial score (nSPS) is 20.6. The van der Waals surface area contributed by atoms with Crippen molar-refractivity contribution in [3.63, 3.8) is 0 Å². The molecule has 0 bridgehead atoms. The molecule has 0 amide bonds. The highest BCUT2D eigenvalue weighted by molar-refractivity contribution is 7.89. The van der Waals surface area contributed by atoms with Gasteiger partial charge < -0.3 is 4.74 Å². The maximum absolute atomic E-state index is 12.9. The minimum absolute atomic E-state index is 0.273. The summed E-state index contributed by atoms with van der Waals surface area (Å²) in [6.45, 7) is 3.53. The van der Waals surface area contributed by atoms with E-state index in [-0.39, 0.29) is 5.92 Å². The zero-order valence-corrected chi connectivity index (χ0v) is 14.1. The number of hydrogen-bond donors (Lipinski definition) is 0. The third-order valence-electron chi connectivity index (χ3n) is 3.91. The Morgan fingerprint density at radius 3 is 2.86 bits per heavy atom. The summed E-state index contributed by atoms with van der Waals surface area (Å²) in [5.41, 5.74) is 1.59. The van der Waals surface area contributed by atoms with Crippen LogP contribution in [0.3, 0.4) is 0 Å². The summed E-state index contributed by atoms with van der Waals surface area (Å²) in [5.74, 6) is 0.588. The van der Waals surface area contributed by atoms with Crippen LogP contribution in [0.25, 0.3) is 0 Å². The highest BCUT2D eigenvalue weighted by atomic mass is 35.5. The summed E-state index contributed by atoms with van der Waals surface area (Å²) in [5, 5.41) is 0. The zero-order valence-electron chi connectivity index (χ0n) is 12.5. The zero-order chi connectivity index (χ0) is 15.5. The second kappa shape index (κ2) is 7.09. The van der Waals surface area contributed by atoms with Gasteiger partial charge in [-0.2, -0.15) is 4.31 Å². The van der Waals surface area contributed by atoms with Crippen molar-refractivity contribution >= 4 is 21.6 Å². The van der Waals surface area contributed by atoms with Crippen molar-refractivity contribution in [2.75, 3.05) is 26.8 Å². The number of ether oxygens (including phenoxy) is 1. The van der Waals surface area contributed by atoms with E-state index in [0.717, 1.165) is 24.0 Å². The van der Waals surface area contributed by atoms with Crippen molar-refractivity contribution in [2.45, 2.75) is 30.5 Å². The van der Waals surface area contributed by atoms with E-state index in [0.29, 0.717) is 30.5 Å². The number of alkyl halides is 1. The fraction of sp³-hybridized carbons (Fsp3) is 0.600. The molecule has 1 atom stereocenters. The predicted molar refractivity (Wildman–Crippen MR) is 84.1 cm³/mol. The minimum atomic E-state index is -3.46. The van der Waals surface area contributed by atoms with Crippen LogP contribution in [0.5, 0.6) is 0 Å². The summed E-state index contributed by atoms with van der Waals surface area (Å²) in [4.78, 5) is 0.374. The van der Waals surface area contributed by atoms with Crippen LogP contribution in [0.15, 0.2) is 23.1 Å². The number of sulfonamides is 1. The summed E-state index contributed by atoms with van der Waals surface area (Å²) >= 11 is 5.83. The monoisotopic (exact) mass is 331 g/mol. The van der Waals surface area contributed by atoms with E-state index in [9.17, 15) is 8.42 Å². The lowest BCUT2D eigenvalue weighted by atomic mass is 10.0. The van der Waals surface area contributed by atoms with Gasteiger partial charge in [0.25, 0.3) is 0 Å². The Morgan fingerprint density at radius 2 is 2.19 bits per heavy atom. The average molecular weight is 332 g/mol. The summed E-state index contributed by atoms with van der Waals surface area (Å²) in [6, 6.07) is 5.38. The number of piperidine rings is 1. The van der Waals surface area contributed by atoms with Crippen LogP contribution in [0.4, 0.5) is 0 Å². The van der Waals surface area contributed by atoms with Gasteiger partial charge in [-0.05, 0) is 42.9 Å². The van der Waals surface area contributed by atoms with Crippen molar-refractivity contribution < 1.29 is 13.2 Å². The molecule has 1 aromatic rings. The second-order valence-electron chi connectivity index (χ2n) is 5.56. The molecule has 1 aliphatic rings. The number of halogens is 1. The van der Waals surface area contributed by atoms with Crippen LogP contribution in [0.1, 0.15) is 24.0 Å². The van der Waals surface area contributed by atoms with Crippen LogP contribution in [-0.4, -0.2) is 39.5 Å². The lowest BCUT2D eigenvalue weighted by Gasteiger charge is -2.32. The maximum Gasteiger partial charge on any atom is 0.243 e. The molecule has 1 unspecified atom stereocenters. The van der Waals surface area contributed by atoms with E-state index in [1.54, 1.807) is 17.5 Å². The standard InChI is InChI=1S/C15H22ClNO3S/c1-12-5-6-13(9-16)8-15(12)21(18,19)17-7-3-4-14(10-17)11-20-2/h5-6,8,14H,3-4,7,9-11H2,1-2H3. The Hall–Kier alpha value is -0.620. The van der Waals surface area contributed by atoms with Gasteiger partial charge in [0.2, 0.25) is 10.0 Å². The largest absolute Gasteiger partial charge is 0.384 e. The molecule has 0 saturated carbocycles. The molecule has 0 spiro atoms. The fourth-order valence-corrected chi connectivity index (χ4v) is 4.76. The molecule has 2 rings (SSSR count). The van der Waals surface area contributed by atoms with Gasteiger partial charge in [-0.25, -0.2) is 8.42 Å². The molecule has 1 aromatic carbocycles. The Morgan fingerprint density at radius 1 is 1.43 bits per heavy atom. The number of rotatable bonds is 5. The smallest absolute Gasteiger partial charge is 0.243 e. The van der Waals surface area contributed by atoms with Crippen LogP contribution < -0.4 is 0 Å². The summed E-state index contributed by atoms with van der Waals surface area (Å²) < 4.78 is 32.5. The maximum atomic E-state index is 12.9. The van der Waals surface area contributed by atoms with Gasteiger partial charge in [0, 0.05) is 26.1 Å². The van der Waals surface area contributed by atoms with Crippen LogP contribution >= 0.6 is 11.6 Å². The van der Waals surface area contributed by atoms with E-state index >= 15 is 0 Å². The first-order valence-electron chi connectivity index (χ1n) is 7.13. The van der Waals surface area contributed by atoms with Gasteiger partial charge in [-0.1, -0.05) is 12.1 Å². The van der Waals surface area contributed by atoms with Gasteiger partial charge in [0.15, 0.2) is 0 Å². The molecule has 0 aromatic heterocycles. The Labute approximate surface area is 132 Å². The van der Waals surface area contributed by atoms with Gasteiger partial charge in [-0.3, -0.25) is 0 Å². The molecule has 1 fully saturated rings. The number of benzene rings is 1. The predicted octanol–water partition coefficient (Wildman–Crippen LogP) is 2.78. The van der Waals surface area contributed by atoms with Gasteiger partial charge in [-0.15, -0.1) is 11.6 Å². The van der Waals surface area contributed by atoms with E-state index in [4.69, 9.17) is 16.3 Å². The Balaban J connectivity index is 2.29. The van der Waals surface area contributed by atoms with Crippen LogP contribution in [-0.2, 0) is 20.6 Å². The molecule has 1 saturated heterocycles. The molecule has 1 aliphatic heterocycles. The lowest BCUT2D eigenvalue weighted by molar-refractivity contribution is 0.118. The summed E-state index contributed by atoms with van der Waals surface area (Å²) in [7, 11) is -1.80. The highest BCUT2D eigenvalue weighted by Crippen LogP contribution is 2.26. The Kier molecular flexibility index (Phi) is 5.66. The van der Waals surface area contributed by atoms with Crippen molar-refractivity contribution in [3.05, 3.63) is 29.3 Å². The number of aryl methyl sites for hydroxylation is 1. The molecule has 0 radical (unpaired) electrons. The molecule has 118 valence electrons. The Bertz CT molecular complexity index is 587. The summed E-state index contributed by atoms with van der Waals surface area (Å²) in [6.07, 6.45) is 1.89. The fourth-order valence-electron chi connectivity index (χ4n) is 2.76. The lowest BCUT2D eigenvalue weighted by Crippen LogP contribution is -2.41. The first-order valence-corrected chi connectivity index (χ1v) is 9.11. The first-order chi connectivity index (χ1) is 9.98.